The molecule has 0 fully saturated rings. The SMILES string of the molecule is CCCCn1c(SCC(=O)Nc2nc(-c3ccco3)cs2)nnc1C(CC)N(C)C. The quantitative estimate of drug-likeness (QED) is 0.431. The van der Waals surface area contributed by atoms with E-state index in [2.05, 4.69) is 57.9 Å². The molecule has 0 aliphatic carbocycles. The minimum atomic E-state index is -0.119. The molecule has 10 heteroatoms. The third-order valence-electron chi connectivity index (χ3n) is 4.65. The molecule has 0 bridgehead atoms. The Kier molecular flexibility index (Phi) is 8.06. The molecular weight excluding hydrogens is 420 g/mol. The number of unbranched alkanes of at least 4 members (excludes halogenated alkanes) is 1. The number of hydrogen-bond donors (Lipinski definition) is 1. The van der Waals surface area contributed by atoms with E-state index in [1.165, 1.54) is 23.1 Å². The van der Waals surface area contributed by atoms with E-state index in [1.807, 2.05) is 17.5 Å². The molecular formula is C20H28N6O2S2. The lowest BCUT2D eigenvalue weighted by Crippen LogP contribution is -2.23. The first kappa shape index (κ1) is 22.5. The molecule has 3 rings (SSSR count). The van der Waals surface area contributed by atoms with Crippen molar-refractivity contribution in [2.45, 2.75) is 50.9 Å². The average Bonchev–Trinajstić information content (AvgIpc) is 3.46. The van der Waals surface area contributed by atoms with E-state index in [1.54, 1.807) is 6.26 Å². The maximum atomic E-state index is 12.5. The van der Waals surface area contributed by atoms with Gasteiger partial charge in [-0.25, -0.2) is 4.98 Å². The number of thiazole rings is 1. The summed E-state index contributed by atoms with van der Waals surface area (Å²) in [6, 6.07) is 3.85. The summed E-state index contributed by atoms with van der Waals surface area (Å²) in [5.74, 6) is 1.77. The predicted octanol–water partition coefficient (Wildman–Crippen LogP) is 4.54. The van der Waals surface area contributed by atoms with Crippen molar-refractivity contribution in [2.24, 2.45) is 0 Å². The number of anilines is 1. The van der Waals surface area contributed by atoms with Gasteiger partial charge >= 0.3 is 0 Å². The Balaban J connectivity index is 1.64. The molecule has 0 spiro atoms. The Morgan fingerprint density at radius 2 is 2.20 bits per heavy atom. The first-order valence-electron chi connectivity index (χ1n) is 10.0. The van der Waals surface area contributed by atoms with Crippen LogP contribution in [0.3, 0.4) is 0 Å². The van der Waals surface area contributed by atoms with Gasteiger partial charge in [-0.1, -0.05) is 32.0 Å². The molecule has 0 saturated heterocycles. The van der Waals surface area contributed by atoms with E-state index >= 15 is 0 Å². The zero-order chi connectivity index (χ0) is 21.5. The van der Waals surface area contributed by atoms with Crippen LogP contribution in [-0.2, 0) is 11.3 Å². The van der Waals surface area contributed by atoms with Gasteiger partial charge in [-0.15, -0.1) is 21.5 Å². The summed E-state index contributed by atoms with van der Waals surface area (Å²) in [7, 11) is 4.11. The van der Waals surface area contributed by atoms with Crippen LogP contribution >= 0.6 is 23.1 Å². The smallest absolute Gasteiger partial charge is 0.236 e. The van der Waals surface area contributed by atoms with Gasteiger partial charge < -0.3 is 14.3 Å². The van der Waals surface area contributed by atoms with Crippen LogP contribution in [0.15, 0.2) is 33.3 Å². The molecule has 0 aliphatic heterocycles. The molecule has 162 valence electrons. The molecule has 3 aromatic rings. The molecule has 1 N–H and O–H groups in total. The van der Waals surface area contributed by atoms with Crippen molar-refractivity contribution < 1.29 is 9.21 Å². The largest absolute Gasteiger partial charge is 0.463 e. The number of furan rings is 1. The molecule has 1 amide bonds. The van der Waals surface area contributed by atoms with E-state index in [-0.39, 0.29) is 17.7 Å². The second-order valence-electron chi connectivity index (χ2n) is 7.09. The summed E-state index contributed by atoms with van der Waals surface area (Å²) in [6.45, 7) is 5.17. The third-order valence-corrected chi connectivity index (χ3v) is 6.37. The van der Waals surface area contributed by atoms with Gasteiger partial charge in [0.1, 0.15) is 5.69 Å². The van der Waals surface area contributed by atoms with Gasteiger partial charge in [0.2, 0.25) is 5.91 Å². The maximum absolute atomic E-state index is 12.5. The van der Waals surface area contributed by atoms with Crippen LogP contribution in [0.25, 0.3) is 11.5 Å². The van der Waals surface area contributed by atoms with Crippen LogP contribution in [0.1, 0.15) is 45.0 Å². The number of hydrogen-bond acceptors (Lipinski definition) is 8. The monoisotopic (exact) mass is 448 g/mol. The average molecular weight is 449 g/mol. The molecule has 0 aliphatic rings. The van der Waals surface area contributed by atoms with Gasteiger partial charge in [0.15, 0.2) is 21.9 Å². The Labute approximate surface area is 185 Å². The lowest BCUT2D eigenvalue weighted by Gasteiger charge is -2.23. The summed E-state index contributed by atoms with van der Waals surface area (Å²) in [4.78, 5) is 19.0. The predicted molar refractivity (Wildman–Crippen MR) is 121 cm³/mol. The zero-order valence-electron chi connectivity index (χ0n) is 17.8. The van der Waals surface area contributed by atoms with Crippen LogP contribution < -0.4 is 5.32 Å². The summed E-state index contributed by atoms with van der Waals surface area (Å²) in [5, 5.41) is 14.9. The first-order chi connectivity index (χ1) is 14.5. The topological polar surface area (TPSA) is 89.1 Å². The highest BCUT2D eigenvalue weighted by molar-refractivity contribution is 7.99. The molecule has 30 heavy (non-hydrogen) atoms. The van der Waals surface area contributed by atoms with E-state index in [0.29, 0.717) is 16.6 Å². The van der Waals surface area contributed by atoms with Crippen LogP contribution in [-0.4, -0.2) is 50.4 Å². The number of carbonyl (C=O) groups is 1. The molecule has 0 aromatic carbocycles. The highest BCUT2D eigenvalue weighted by atomic mass is 32.2. The second kappa shape index (κ2) is 10.7. The fourth-order valence-corrected chi connectivity index (χ4v) is 4.60. The number of aromatic nitrogens is 4. The van der Waals surface area contributed by atoms with Crippen LogP contribution in [0.2, 0.25) is 0 Å². The lowest BCUT2D eigenvalue weighted by atomic mass is 10.2. The first-order valence-corrected chi connectivity index (χ1v) is 11.9. The van der Waals surface area contributed by atoms with Crippen molar-refractivity contribution in [2.75, 3.05) is 25.2 Å². The number of thioether (sulfide) groups is 1. The summed E-state index contributed by atoms with van der Waals surface area (Å²) in [6.07, 6.45) is 4.68. The van der Waals surface area contributed by atoms with Crippen molar-refractivity contribution in [3.63, 3.8) is 0 Å². The molecule has 1 atom stereocenters. The van der Waals surface area contributed by atoms with Crippen molar-refractivity contribution in [1.82, 2.24) is 24.6 Å². The van der Waals surface area contributed by atoms with E-state index in [4.69, 9.17) is 4.42 Å². The Bertz CT molecular complexity index is 935. The van der Waals surface area contributed by atoms with Gasteiger partial charge in [-0.3, -0.25) is 9.69 Å². The van der Waals surface area contributed by atoms with Gasteiger partial charge in [0.05, 0.1) is 18.1 Å². The fraction of sp³-hybridized carbons (Fsp3) is 0.500. The molecule has 0 radical (unpaired) electrons. The molecule has 1 unspecified atom stereocenters. The second-order valence-corrected chi connectivity index (χ2v) is 8.89. The summed E-state index contributed by atoms with van der Waals surface area (Å²) >= 11 is 2.78. The third kappa shape index (κ3) is 5.50. The van der Waals surface area contributed by atoms with Gasteiger partial charge in [-0.2, -0.15) is 0 Å². The normalized spacial score (nSPS) is 12.4. The Hall–Kier alpha value is -2.17. The highest BCUT2D eigenvalue weighted by Crippen LogP contribution is 2.27. The minimum absolute atomic E-state index is 0.119. The molecule has 3 aromatic heterocycles. The van der Waals surface area contributed by atoms with E-state index < -0.39 is 0 Å². The van der Waals surface area contributed by atoms with Gasteiger partial charge in [0.25, 0.3) is 0 Å². The molecule has 8 nitrogen and oxygen atoms in total. The Morgan fingerprint density at radius 1 is 1.37 bits per heavy atom. The fourth-order valence-electron chi connectivity index (χ4n) is 3.11. The van der Waals surface area contributed by atoms with Crippen LogP contribution in [0.5, 0.6) is 0 Å². The molecule has 0 saturated carbocycles. The Morgan fingerprint density at radius 3 is 2.87 bits per heavy atom. The number of nitrogens with zero attached hydrogens (tertiary/aromatic N) is 5. The van der Waals surface area contributed by atoms with Crippen molar-refractivity contribution >= 4 is 34.1 Å². The van der Waals surface area contributed by atoms with Gasteiger partial charge in [0, 0.05) is 11.9 Å². The van der Waals surface area contributed by atoms with Crippen molar-refractivity contribution in [3.8, 4) is 11.5 Å². The number of carbonyl (C=O) groups excluding carboxylic acids is 1. The van der Waals surface area contributed by atoms with E-state index in [0.717, 1.165) is 36.8 Å². The number of amides is 1. The lowest BCUT2D eigenvalue weighted by molar-refractivity contribution is -0.113. The minimum Gasteiger partial charge on any atom is -0.463 e. The van der Waals surface area contributed by atoms with E-state index in [9.17, 15) is 4.79 Å². The molecule has 3 heterocycles. The van der Waals surface area contributed by atoms with Gasteiger partial charge in [-0.05, 0) is 39.1 Å². The number of rotatable bonds is 11. The van der Waals surface area contributed by atoms with Crippen molar-refractivity contribution in [3.05, 3.63) is 29.6 Å². The van der Waals surface area contributed by atoms with Crippen LogP contribution in [0.4, 0.5) is 5.13 Å². The number of nitrogens with one attached hydrogen (secondary N) is 1. The zero-order valence-corrected chi connectivity index (χ0v) is 19.4. The van der Waals surface area contributed by atoms with Crippen molar-refractivity contribution in [1.29, 1.82) is 0 Å². The summed E-state index contributed by atoms with van der Waals surface area (Å²) < 4.78 is 7.50. The van der Waals surface area contributed by atoms with Crippen LogP contribution in [0, 0.1) is 0 Å². The maximum Gasteiger partial charge on any atom is 0.236 e. The highest BCUT2D eigenvalue weighted by Gasteiger charge is 2.22. The standard InChI is InChI=1S/C20H28N6O2S2/c1-5-7-10-26-18(15(6-2)25(3)4)23-24-20(26)30-13-17(27)22-19-21-14(12-29-19)16-9-8-11-28-16/h8-9,11-12,15H,5-7,10,13H2,1-4H3,(H,21,22,27). The summed E-state index contributed by atoms with van der Waals surface area (Å²) in [5.41, 5.74) is 0.714.